The molecule has 2 N–H and O–H groups in total. The van der Waals surface area contributed by atoms with E-state index in [4.69, 9.17) is 10.4 Å². The van der Waals surface area contributed by atoms with Gasteiger partial charge in [-0.15, -0.1) is 11.3 Å². The predicted octanol–water partition coefficient (Wildman–Crippen LogP) is 2.52. The molecule has 0 spiro atoms. The number of nitrogens with one attached hydrogen (secondary N) is 1. The van der Waals surface area contributed by atoms with E-state index in [9.17, 15) is 4.79 Å². The van der Waals surface area contributed by atoms with E-state index >= 15 is 0 Å². The highest BCUT2D eigenvalue weighted by Gasteiger charge is 2.10. The number of thiophene rings is 1. The number of aliphatic hydroxyl groups is 1. The van der Waals surface area contributed by atoms with Crippen molar-refractivity contribution in [3.8, 4) is 17.9 Å². The Morgan fingerprint density at radius 1 is 1.43 bits per heavy atom. The molecular weight excluding hydrogens is 284 g/mol. The maximum absolute atomic E-state index is 12.2. The van der Waals surface area contributed by atoms with Gasteiger partial charge in [-0.3, -0.25) is 4.79 Å². The van der Waals surface area contributed by atoms with Crippen LogP contribution in [0.25, 0.3) is 0 Å². The van der Waals surface area contributed by atoms with Crippen molar-refractivity contribution in [1.29, 1.82) is 5.26 Å². The normalized spacial score (nSPS) is 9.38. The minimum Gasteiger partial charge on any atom is -0.384 e. The number of carbonyl (C=O) groups excluding carboxylic acids is 1. The summed E-state index contributed by atoms with van der Waals surface area (Å²) in [5, 5.41) is 22.0. The van der Waals surface area contributed by atoms with Gasteiger partial charge in [0.25, 0.3) is 5.91 Å². The molecule has 0 fully saturated rings. The van der Waals surface area contributed by atoms with Crippen molar-refractivity contribution in [2.24, 2.45) is 0 Å². The summed E-state index contributed by atoms with van der Waals surface area (Å²) >= 11 is 1.34. The van der Waals surface area contributed by atoms with E-state index in [1.54, 1.807) is 29.6 Å². The lowest BCUT2D eigenvalue weighted by Gasteiger charge is -2.07. The summed E-state index contributed by atoms with van der Waals surface area (Å²) < 4.78 is 0. The van der Waals surface area contributed by atoms with Gasteiger partial charge in [0, 0.05) is 11.1 Å². The Kier molecular flexibility index (Phi) is 4.73. The van der Waals surface area contributed by atoms with Gasteiger partial charge in [0.1, 0.15) is 6.61 Å². The fourth-order valence-electron chi connectivity index (χ4n) is 1.67. The minimum atomic E-state index is -0.249. The molecule has 0 aliphatic rings. The maximum Gasteiger partial charge on any atom is 0.256 e. The third-order valence-corrected chi connectivity index (χ3v) is 3.61. The second-order valence-electron chi connectivity index (χ2n) is 4.26. The number of aryl methyl sites for hydroxylation is 1. The van der Waals surface area contributed by atoms with E-state index in [0.29, 0.717) is 16.8 Å². The number of amides is 1. The van der Waals surface area contributed by atoms with Crippen molar-refractivity contribution in [1.82, 2.24) is 0 Å². The van der Waals surface area contributed by atoms with Gasteiger partial charge in [0.05, 0.1) is 22.1 Å². The van der Waals surface area contributed by atoms with Crippen LogP contribution in [-0.2, 0) is 0 Å². The Morgan fingerprint density at radius 3 is 2.95 bits per heavy atom. The largest absolute Gasteiger partial charge is 0.384 e. The zero-order valence-electron chi connectivity index (χ0n) is 11.3. The third-order valence-electron chi connectivity index (χ3n) is 2.77. The lowest BCUT2D eigenvalue weighted by atomic mass is 10.1. The van der Waals surface area contributed by atoms with Crippen LogP contribution in [-0.4, -0.2) is 17.6 Å². The topological polar surface area (TPSA) is 73.1 Å². The first-order chi connectivity index (χ1) is 10.1. The van der Waals surface area contributed by atoms with Crippen LogP contribution in [0.2, 0.25) is 0 Å². The summed E-state index contributed by atoms with van der Waals surface area (Å²) in [6, 6.07) is 8.86. The summed E-state index contributed by atoms with van der Waals surface area (Å²) in [4.78, 5) is 12.9. The van der Waals surface area contributed by atoms with Crippen LogP contribution in [0.3, 0.4) is 0 Å². The van der Waals surface area contributed by atoms with Crippen molar-refractivity contribution < 1.29 is 9.90 Å². The maximum atomic E-state index is 12.2. The number of nitriles is 1. The number of hydrogen-bond acceptors (Lipinski definition) is 4. The molecule has 2 rings (SSSR count). The number of aliphatic hydroxyl groups excluding tert-OH is 1. The second kappa shape index (κ2) is 6.71. The Balaban J connectivity index is 2.18. The van der Waals surface area contributed by atoms with Crippen LogP contribution >= 0.6 is 11.3 Å². The molecule has 21 heavy (non-hydrogen) atoms. The quantitative estimate of drug-likeness (QED) is 0.836. The smallest absolute Gasteiger partial charge is 0.256 e. The summed E-state index contributed by atoms with van der Waals surface area (Å²) in [5.41, 5.74) is 2.51. The van der Waals surface area contributed by atoms with Crippen LogP contribution in [0.15, 0.2) is 29.6 Å². The average molecular weight is 296 g/mol. The van der Waals surface area contributed by atoms with Gasteiger partial charge in [-0.1, -0.05) is 17.9 Å². The Morgan fingerprint density at radius 2 is 2.24 bits per heavy atom. The molecule has 0 saturated carbocycles. The standard InChI is InChI=1S/C16H12N2O2S/c1-11-4-5-12(9-17)7-15(11)18-16(20)13-8-14(21-10-13)3-2-6-19/h4-5,7-8,10,19H,6H2,1H3,(H,18,20). The molecule has 5 heteroatoms. The van der Waals surface area contributed by atoms with Gasteiger partial charge in [-0.2, -0.15) is 5.26 Å². The van der Waals surface area contributed by atoms with E-state index in [1.165, 1.54) is 11.3 Å². The molecule has 0 aliphatic heterocycles. The number of benzene rings is 1. The number of carbonyl (C=O) groups is 1. The van der Waals surface area contributed by atoms with Gasteiger partial charge >= 0.3 is 0 Å². The van der Waals surface area contributed by atoms with Crippen LogP contribution < -0.4 is 5.32 Å². The third kappa shape index (κ3) is 3.70. The molecule has 0 unspecified atom stereocenters. The molecule has 1 heterocycles. The fraction of sp³-hybridized carbons (Fsp3) is 0.125. The molecular formula is C16H12N2O2S. The van der Waals surface area contributed by atoms with Crippen molar-refractivity contribution in [2.75, 3.05) is 11.9 Å². The highest BCUT2D eigenvalue weighted by molar-refractivity contribution is 7.10. The zero-order chi connectivity index (χ0) is 15.2. The van der Waals surface area contributed by atoms with Crippen molar-refractivity contribution in [2.45, 2.75) is 6.92 Å². The summed E-state index contributed by atoms with van der Waals surface area (Å²) in [6.07, 6.45) is 0. The van der Waals surface area contributed by atoms with Crippen LogP contribution in [0.1, 0.15) is 26.4 Å². The molecule has 0 aliphatic carbocycles. The average Bonchev–Trinajstić information content (AvgIpc) is 2.96. The Hall–Kier alpha value is -2.60. The number of rotatable bonds is 2. The monoisotopic (exact) mass is 296 g/mol. The predicted molar refractivity (Wildman–Crippen MR) is 82.1 cm³/mol. The van der Waals surface area contributed by atoms with Crippen molar-refractivity contribution >= 4 is 22.9 Å². The van der Waals surface area contributed by atoms with Gasteiger partial charge in [-0.05, 0) is 30.7 Å². The van der Waals surface area contributed by atoms with Crippen LogP contribution in [0.5, 0.6) is 0 Å². The SMILES string of the molecule is Cc1ccc(C#N)cc1NC(=O)c1csc(C#CCO)c1. The number of hydrogen-bond donors (Lipinski definition) is 2. The molecule has 1 aromatic carbocycles. The highest BCUT2D eigenvalue weighted by Crippen LogP contribution is 2.19. The van der Waals surface area contributed by atoms with Crippen LogP contribution in [0.4, 0.5) is 5.69 Å². The lowest BCUT2D eigenvalue weighted by Crippen LogP contribution is -2.11. The first kappa shape index (κ1) is 14.8. The highest BCUT2D eigenvalue weighted by atomic mass is 32.1. The van der Waals surface area contributed by atoms with Gasteiger partial charge in [0.15, 0.2) is 0 Å². The van der Waals surface area contributed by atoms with Crippen LogP contribution in [0, 0.1) is 30.1 Å². The van der Waals surface area contributed by atoms with Crippen molar-refractivity contribution in [3.63, 3.8) is 0 Å². The van der Waals surface area contributed by atoms with E-state index in [-0.39, 0.29) is 12.5 Å². The first-order valence-electron chi connectivity index (χ1n) is 6.14. The number of nitrogens with zero attached hydrogens (tertiary/aromatic N) is 1. The van der Waals surface area contributed by atoms with E-state index < -0.39 is 0 Å². The Bertz CT molecular complexity index is 776. The Labute approximate surface area is 126 Å². The zero-order valence-corrected chi connectivity index (χ0v) is 12.1. The minimum absolute atomic E-state index is 0.209. The van der Waals surface area contributed by atoms with Gasteiger partial charge < -0.3 is 10.4 Å². The molecule has 4 nitrogen and oxygen atoms in total. The summed E-state index contributed by atoms with van der Waals surface area (Å²) in [6.45, 7) is 1.65. The van der Waals surface area contributed by atoms with E-state index in [2.05, 4.69) is 17.2 Å². The first-order valence-corrected chi connectivity index (χ1v) is 7.02. The van der Waals surface area contributed by atoms with Gasteiger partial charge in [-0.25, -0.2) is 0 Å². The molecule has 0 atom stereocenters. The number of anilines is 1. The molecule has 1 amide bonds. The fourth-order valence-corrected chi connectivity index (χ4v) is 2.42. The summed E-state index contributed by atoms with van der Waals surface area (Å²) in [5.74, 6) is 5.05. The van der Waals surface area contributed by atoms with Gasteiger partial charge in [0.2, 0.25) is 0 Å². The van der Waals surface area contributed by atoms with E-state index in [1.807, 2.05) is 13.0 Å². The molecule has 104 valence electrons. The molecule has 0 saturated heterocycles. The lowest BCUT2D eigenvalue weighted by molar-refractivity contribution is 0.102. The second-order valence-corrected chi connectivity index (χ2v) is 5.17. The molecule has 2 aromatic rings. The van der Waals surface area contributed by atoms with E-state index in [0.717, 1.165) is 10.4 Å². The van der Waals surface area contributed by atoms with Crippen molar-refractivity contribution in [3.05, 3.63) is 51.2 Å². The summed E-state index contributed by atoms with van der Waals surface area (Å²) in [7, 11) is 0. The molecule has 1 aromatic heterocycles. The molecule has 0 bridgehead atoms. The molecule has 0 radical (unpaired) electrons.